The van der Waals surface area contributed by atoms with Gasteiger partial charge in [0.15, 0.2) is 0 Å². The highest BCUT2D eigenvalue weighted by atomic mass is 79.9. The number of rotatable bonds is 1. The summed E-state index contributed by atoms with van der Waals surface area (Å²) in [6.45, 7) is 1.29. The molecule has 0 bridgehead atoms. The van der Waals surface area contributed by atoms with Crippen LogP contribution in [0.25, 0.3) is 0 Å². The Morgan fingerprint density at radius 1 is 1.48 bits per heavy atom. The van der Waals surface area contributed by atoms with Gasteiger partial charge in [-0.1, -0.05) is 0 Å². The molecule has 0 aromatic carbocycles. The van der Waals surface area contributed by atoms with Gasteiger partial charge in [0.1, 0.15) is 5.82 Å². The van der Waals surface area contributed by atoms with Crippen LogP contribution in [0.15, 0.2) is 16.7 Å². The monoisotopic (exact) mass is 352 g/mol. The van der Waals surface area contributed by atoms with E-state index in [0.717, 1.165) is 17.3 Å². The molecule has 2 unspecified atom stereocenters. The summed E-state index contributed by atoms with van der Waals surface area (Å²) < 4.78 is 0.736. The lowest BCUT2D eigenvalue weighted by Gasteiger charge is -2.41. The first-order valence-electron chi connectivity index (χ1n) is 7.04. The minimum atomic E-state index is -0.0864. The summed E-state index contributed by atoms with van der Waals surface area (Å²) in [6.07, 6.45) is 3.76. The van der Waals surface area contributed by atoms with Crippen molar-refractivity contribution in [1.29, 1.82) is 0 Å². The fourth-order valence-electron chi connectivity index (χ4n) is 3.09. The van der Waals surface area contributed by atoms with Crippen molar-refractivity contribution >= 4 is 33.6 Å². The van der Waals surface area contributed by atoms with Crippen LogP contribution in [-0.4, -0.2) is 40.8 Å². The molecule has 3 N–H and O–H groups in total. The molecular weight excluding hydrogens is 336 g/mol. The quantitative estimate of drug-likeness (QED) is 0.793. The SMILES string of the molecule is Nc1ncc(Br)cc1C(=O)N1CCC2NC(=O)CCC2C1. The van der Waals surface area contributed by atoms with Gasteiger partial charge in [-0.25, -0.2) is 4.98 Å². The maximum absolute atomic E-state index is 12.6. The number of pyridine rings is 1. The van der Waals surface area contributed by atoms with Gasteiger partial charge in [0.25, 0.3) is 5.91 Å². The lowest BCUT2D eigenvalue weighted by molar-refractivity contribution is -0.125. The second-order valence-corrected chi connectivity index (χ2v) is 6.51. The molecule has 2 atom stereocenters. The van der Waals surface area contributed by atoms with E-state index < -0.39 is 0 Å². The summed E-state index contributed by atoms with van der Waals surface area (Å²) in [7, 11) is 0. The molecule has 2 amide bonds. The number of anilines is 1. The number of fused-ring (bicyclic) bond motifs is 1. The first-order valence-corrected chi connectivity index (χ1v) is 7.83. The van der Waals surface area contributed by atoms with Crippen LogP contribution in [0.4, 0.5) is 5.82 Å². The molecule has 0 saturated carbocycles. The molecule has 1 aromatic heterocycles. The number of likely N-dealkylation sites (tertiary alicyclic amines) is 1. The number of halogens is 1. The summed E-state index contributed by atoms with van der Waals surface area (Å²) in [5, 5.41) is 3.02. The molecule has 3 heterocycles. The van der Waals surface area contributed by atoms with Crippen molar-refractivity contribution in [2.75, 3.05) is 18.8 Å². The number of hydrogen-bond acceptors (Lipinski definition) is 4. The zero-order valence-electron chi connectivity index (χ0n) is 11.5. The predicted molar refractivity (Wildman–Crippen MR) is 81.5 cm³/mol. The maximum Gasteiger partial charge on any atom is 0.257 e. The molecule has 2 aliphatic rings. The van der Waals surface area contributed by atoms with Crippen LogP contribution >= 0.6 is 15.9 Å². The third kappa shape index (κ3) is 2.88. The lowest BCUT2D eigenvalue weighted by atomic mass is 9.85. The Balaban J connectivity index is 1.74. The van der Waals surface area contributed by atoms with Crippen molar-refractivity contribution < 1.29 is 9.59 Å². The second kappa shape index (κ2) is 5.63. The van der Waals surface area contributed by atoms with Crippen LogP contribution in [0.2, 0.25) is 0 Å². The van der Waals surface area contributed by atoms with E-state index in [4.69, 9.17) is 5.73 Å². The van der Waals surface area contributed by atoms with E-state index >= 15 is 0 Å². The molecule has 0 radical (unpaired) electrons. The van der Waals surface area contributed by atoms with Crippen molar-refractivity contribution in [2.45, 2.75) is 25.3 Å². The molecule has 0 aliphatic carbocycles. The summed E-state index contributed by atoms with van der Waals surface area (Å²) in [5.74, 6) is 0.622. The van der Waals surface area contributed by atoms with Gasteiger partial charge in [-0.15, -0.1) is 0 Å². The third-order valence-electron chi connectivity index (χ3n) is 4.23. The Kier molecular flexibility index (Phi) is 3.84. The molecule has 2 fully saturated rings. The van der Waals surface area contributed by atoms with Crippen LogP contribution in [0, 0.1) is 5.92 Å². The molecule has 112 valence electrons. The Bertz CT molecular complexity index is 592. The van der Waals surface area contributed by atoms with Gasteiger partial charge in [-0.3, -0.25) is 9.59 Å². The van der Waals surface area contributed by atoms with E-state index in [1.807, 2.05) is 4.90 Å². The van der Waals surface area contributed by atoms with Crippen LogP contribution < -0.4 is 11.1 Å². The lowest BCUT2D eigenvalue weighted by Crippen LogP contribution is -2.55. The molecular formula is C14H17BrN4O2. The van der Waals surface area contributed by atoms with Gasteiger partial charge in [-0.2, -0.15) is 0 Å². The largest absolute Gasteiger partial charge is 0.383 e. The van der Waals surface area contributed by atoms with E-state index in [0.29, 0.717) is 31.0 Å². The van der Waals surface area contributed by atoms with Crippen LogP contribution in [0.1, 0.15) is 29.6 Å². The molecule has 6 nitrogen and oxygen atoms in total. The predicted octanol–water partition coefficient (Wildman–Crippen LogP) is 1.17. The number of carbonyl (C=O) groups is 2. The van der Waals surface area contributed by atoms with E-state index in [2.05, 4.69) is 26.2 Å². The maximum atomic E-state index is 12.6. The standard InChI is InChI=1S/C14H17BrN4O2/c15-9-5-10(13(16)17-6-9)14(21)19-4-3-11-8(7-19)1-2-12(20)18-11/h5-6,8,11H,1-4,7H2,(H2,16,17)(H,18,20). The van der Waals surface area contributed by atoms with E-state index in [1.54, 1.807) is 12.3 Å². The molecule has 0 spiro atoms. The van der Waals surface area contributed by atoms with Crippen molar-refractivity contribution in [3.63, 3.8) is 0 Å². The zero-order chi connectivity index (χ0) is 15.0. The normalized spacial score (nSPS) is 25.2. The van der Waals surface area contributed by atoms with Gasteiger partial charge < -0.3 is 16.0 Å². The van der Waals surface area contributed by atoms with Crippen molar-refractivity contribution in [3.8, 4) is 0 Å². The molecule has 7 heteroatoms. The van der Waals surface area contributed by atoms with Gasteiger partial charge in [-0.05, 0) is 40.8 Å². The fraction of sp³-hybridized carbons (Fsp3) is 0.500. The zero-order valence-corrected chi connectivity index (χ0v) is 13.1. The summed E-state index contributed by atoms with van der Waals surface area (Å²) in [6, 6.07) is 1.91. The molecule has 21 heavy (non-hydrogen) atoms. The minimum Gasteiger partial charge on any atom is -0.383 e. The Morgan fingerprint density at radius 2 is 2.29 bits per heavy atom. The fourth-order valence-corrected chi connectivity index (χ4v) is 3.42. The Hall–Kier alpha value is -1.63. The van der Waals surface area contributed by atoms with Gasteiger partial charge in [0.05, 0.1) is 5.56 Å². The molecule has 2 aliphatic heterocycles. The average Bonchev–Trinajstić information content (AvgIpc) is 2.48. The molecule has 3 rings (SSSR count). The number of piperidine rings is 2. The highest BCUT2D eigenvalue weighted by Crippen LogP contribution is 2.27. The number of nitrogens with zero attached hydrogens (tertiary/aromatic N) is 2. The first-order chi connectivity index (χ1) is 10.0. The van der Waals surface area contributed by atoms with E-state index in [1.165, 1.54) is 0 Å². The van der Waals surface area contributed by atoms with Gasteiger partial charge in [0, 0.05) is 36.2 Å². The van der Waals surface area contributed by atoms with Gasteiger partial charge in [0.2, 0.25) is 5.91 Å². The van der Waals surface area contributed by atoms with E-state index in [9.17, 15) is 9.59 Å². The number of nitrogens with one attached hydrogen (secondary N) is 1. The van der Waals surface area contributed by atoms with Crippen molar-refractivity contribution in [2.24, 2.45) is 5.92 Å². The number of amides is 2. The van der Waals surface area contributed by atoms with Crippen LogP contribution in [0.3, 0.4) is 0 Å². The molecule has 2 saturated heterocycles. The Labute approximate surface area is 131 Å². The smallest absolute Gasteiger partial charge is 0.257 e. The number of aromatic nitrogens is 1. The highest BCUT2D eigenvalue weighted by molar-refractivity contribution is 9.10. The van der Waals surface area contributed by atoms with E-state index in [-0.39, 0.29) is 23.7 Å². The molecule has 1 aromatic rings. The van der Waals surface area contributed by atoms with Crippen LogP contribution in [-0.2, 0) is 4.79 Å². The second-order valence-electron chi connectivity index (χ2n) is 5.60. The topological polar surface area (TPSA) is 88.3 Å². The average molecular weight is 353 g/mol. The number of hydrogen-bond donors (Lipinski definition) is 2. The number of carbonyl (C=O) groups excluding carboxylic acids is 2. The number of nitrogen functional groups attached to an aromatic ring is 1. The van der Waals surface area contributed by atoms with Crippen LogP contribution in [0.5, 0.6) is 0 Å². The minimum absolute atomic E-state index is 0.0864. The summed E-state index contributed by atoms with van der Waals surface area (Å²) in [4.78, 5) is 29.9. The first kappa shape index (κ1) is 14.3. The highest BCUT2D eigenvalue weighted by Gasteiger charge is 2.35. The van der Waals surface area contributed by atoms with Crippen molar-refractivity contribution in [1.82, 2.24) is 15.2 Å². The van der Waals surface area contributed by atoms with Crippen molar-refractivity contribution in [3.05, 3.63) is 22.3 Å². The summed E-state index contributed by atoms with van der Waals surface area (Å²) in [5.41, 5.74) is 6.24. The van der Waals surface area contributed by atoms with Gasteiger partial charge >= 0.3 is 0 Å². The number of nitrogens with two attached hydrogens (primary N) is 1. The Morgan fingerprint density at radius 3 is 3.10 bits per heavy atom. The third-order valence-corrected chi connectivity index (χ3v) is 4.66. The summed E-state index contributed by atoms with van der Waals surface area (Å²) >= 11 is 3.31.